The van der Waals surface area contributed by atoms with Crippen LogP contribution in [-0.2, 0) is 14.3 Å². The Morgan fingerprint density at radius 1 is 1.12 bits per heavy atom. The third-order valence-electron chi connectivity index (χ3n) is 10.3. The van der Waals surface area contributed by atoms with E-state index in [1.165, 1.54) is 0 Å². The normalized spacial score (nSPS) is 54.9. The van der Waals surface area contributed by atoms with Crippen molar-refractivity contribution in [2.45, 2.75) is 94.8 Å². The zero-order valence-electron chi connectivity index (χ0n) is 19.6. The molecule has 5 fully saturated rings. The molecule has 9 nitrogen and oxygen atoms in total. The molecule has 6 N–H and O–H groups in total. The van der Waals surface area contributed by atoms with Crippen molar-refractivity contribution in [1.29, 1.82) is 0 Å². The van der Waals surface area contributed by atoms with Gasteiger partial charge in [0.15, 0.2) is 6.29 Å². The first kappa shape index (κ1) is 24.6. The standard InChI is InChI=1S/C25H38O9/c1-11-12-3-4-17-24(2)9-13(33-23-20(29)19(28)18(27)16(10-26)34-23)7-14(22(31)32)15(24)5-6-25(17,8-12)21(11)30/h12-21,23,26-30H,1,3-10H2,2H3,(H,31,32)/t12-,13-,14-,15-,16-,17+,18-,19+,20-,21+,23-,24-,25-/m1/s1. The Hall–Kier alpha value is -1.07. The molecule has 0 aromatic rings. The fourth-order valence-corrected chi connectivity index (χ4v) is 8.70. The van der Waals surface area contributed by atoms with E-state index in [-0.39, 0.29) is 23.7 Å². The number of aliphatic hydroxyl groups is 5. The molecule has 1 saturated heterocycles. The van der Waals surface area contributed by atoms with Gasteiger partial charge in [-0.15, -0.1) is 0 Å². The summed E-state index contributed by atoms with van der Waals surface area (Å²) >= 11 is 0. The number of aliphatic hydroxyl groups excluding tert-OH is 5. The van der Waals surface area contributed by atoms with E-state index in [0.29, 0.717) is 12.3 Å². The van der Waals surface area contributed by atoms with Crippen LogP contribution in [0.15, 0.2) is 12.2 Å². The van der Waals surface area contributed by atoms with Gasteiger partial charge >= 0.3 is 5.97 Å². The minimum absolute atomic E-state index is 0.0482. The van der Waals surface area contributed by atoms with Crippen molar-refractivity contribution >= 4 is 5.97 Å². The van der Waals surface area contributed by atoms with Gasteiger partial charge in [0, 0.05) is 5.41 Å². The van der Waals surface area contributed by atoms with Crippen LogP contribution in [0.4, 0.5) is 0 Å². The molecule has 1 spiro atoms. The Balaban J connectivity index is 1.43. The van der Waals surface area contributed by atoms with Crippen LogP contribution in [0.1, 0.15) is 51.9 Å². The zero-order chi connectivity index (χ0) is 24.6. The van der Waals surface area contributed by atoms with Crippen LogP contribution in [-0.4, -0.2) is 86.1 Å². The summed E-state index contributed by atoms with van der Waals surface area (Å²) in [7, 11) is 0. The van der Waals surface area contributed by atoms with E-state index < -0.39 is 66.8 Å². The summed E-state index contributed by atoms with van der Waals surface area (Å²) in [6.07, 6.45) is -2.98. The third-order valence-corrected chi connectivity index (χ3v) is 10.3. The lowest BCUT2D eigenvalue weighted by Crippen LogP contribution is -2.62. The van der Waals surface area contributed by atoms with Gasteiger partial charge in [0.25, 0.3) is 0 Å². The molecule has 4 aliphatic carbocycles. The van der Waals surface area contributed by atoms with E-state index in [1.54, 1.807) is 0 Å². The van der Waals surface area contributed by atoms with Crippen LogP contribution in [0.3, 0.4) is 0 Å². The van der Waals surface area contributed by atoms with Crippen LogP contribution >= 0.6 is 0 Å². The van der Waals surface area contributed by atoms with E-state index in [1.807, 2.05) is 0 Å². The third kappa shape index (κ3) is 3.43. The van der Waals surface area contributed by atoms with Crippen LogP contribution in [0.25, 0.3) is 0 Å². The average molecular weight is 483 g/mol. The van der Waals surface area contributed by atoms with Crippen LogP contribution < -0.4 is 0 Å². The molecule has 0 amide bonds. The molecule has 9 heteroatoms. The first-order valence-corrected chi connectivity index (χ1v) is 12.6. The van der Waals surface area contributed by atoms with Gasteiger partial charge in [-0.2, -0.15) is 0 Å². The second-order valence-electron chi connectivity index (χ2n) is 11.7. The van der Waals surface area contributed by atoms with Gasteiger partial charge in [-0.3, -0.25) is 4.79 Å². The Morgan fingerprint density at radius 3 is 2.53 bits per heavy atom. The predicted octanol–water partition coefficient (Wildman–Crippen LogP) is 0.416. The summed E-state index contributed by atoms with van der Waals surface area (Å²) in [5.74, 6) is -1.10. The Kier molecular flexibility index (Phi) is 6.16. The van der Waals surface area contributed by atoms with Gasteiger partial charge in [0.05, 0.1) is 24.7 Å². The van der Waals surface area contributed by atoms with Crippen molar-refractivity contribution in [2.24, 2.45) is 34.5 Å². The smallest absolute Gasteiger partial charge is 0.306 e. The first-order chi connectivity index (χ1) is 16.0. The summed E-state index contributed by atoms with van der Waals surface area (Å²) in [4.78, 5) is 12.4. The minimum atomic E-state index is -1.55. The number of carboxylic acid groups (broad SMARTS) is 1. The molecule has 0 radical (unpaired) electrons. The number of carboxylic acids is 1. The minimum Gasteiger partial charge on any atom is -0.481 e. The topological polar surface area (TPSA) is 157 Å². The fraction of sp³-hybridized carbons (Fsp3) is 0.880. The van der Waals surface area contributed by atoms with E-state index in [4.69, 9.17) is 9.47 Å². The molecule has 5 aliphatic rings. The molecule has 192 valence electrons. The molecule has 13 atom stereocenters. The molecule has 1 aliphatic heterocycles. The van der Waals surface area contributed by atoms with E-state index in [2.05, 4.69) is 13.5 Å². The number of aliphatic carboxylic acids is 1. The van der Waals surface area contributed by atoms with E-state index in [0.717, 1.165) is 37.7 Å². The van der Waals surface area contributed by atoms with Gasteiger partial charge in [0.2, 0.25) is 0 Å². The molecule has 5 rings (SSSR count). The molecule has 1 heterocycles. The highest BCUT2D eigenvalue weighted by Crippen LogP contribution is 2.70. The maximum Gasteiger partial charge on any atom is 0.306 e. The van der Waals surface area contributed by atoms with Crippen molar-refractivity contribution in [3.63, 3.8) is 0 Å². The largest absolute Gasteiger partial charge is 0.481 e. The second-order valence-corrected chi connectivity index (χ2v) is 11.7. The number of carbonyl (C=O) groups is 1. The van der Waals surface area contributed by atoms with Crippen molar-refractivity contribution in [3.05, 3.63) is 12.2 Å². The maximum absolute atomic E-state index is 12.4. The lowest BCUT2D eigenvalue weighted by atomic mass is 9.43. The van der Waals surface area contributed by atoms with Crippen molar-refractivity contribution in [3.8, 4) is 0 Å². The summed E-state index contributed by atoms with van der Waals surface area (Å²) in [5, 5.41) is 61.5. The highest BCUT2D eigenvalue weighted by molar-refractivity contribution is 5.71. The summed E-state index contributed by atoms with van der Waals surface area (Å²) in [6.45, 7) is 5.76. The van der Waals surface area contributed by atoms with Crippen LogP contribution in [0.5, 0.6) is 0 Å². The predicted molar refractivity (Wildman–Crippen MR) is 118 cm³/mol. The van der Waals surface area contributed by atoms with Gasteiger partial charge < -0.3 is 40.1 Å². The van der Waals surface area contributed by atoms with Crippen molar-refractivity contribution in [2.75, 3.05) is 6.61 Å². The number of ether oxygens (including phenoxy) is 2. The second kappa shape index (κ2) is 8.50. The van der Waals surface area contributed by atoms with Gasteiger partial charge in [-0.05, 0) is 73.7 Å². The lowest BCUT2D eigenvalue weighted by Gasteiger charge is -2.62. The highest BCUT2D eigenvalue weighted by atomic mass is 16.7. The molecular formula is C25H38O9. The molecular weight excluding hydrogens is 444 g/mol. The average Bonchev–Trinajstić information content (AvgIpc) is 2.98. The fourth-order valence-electron chi connectivity index (χ4n) is 8.70. The summed E-state index contributed by atoms with van der Waals surface area (Å²) in [5.41, 5.74) is 0.248. The van der Waals surface area contributed by atoms with Crippen molar-refractivity contribution in [1.82, 2.24) is 0 Å². The monoisotopic (exact) mass is 482 g/mol. The number of rotatable bonds is 4. The lowest BCUT2D eigenvalue weighted by molar-refractivity contribution is -0.319. The quantitative estimate of drug-likeness (QED) is 0.247. The number of hydrogen-bond donors (Lipinski definition) is 6. The maximum atomic E-state index is 12.4. The molecule has 0 aromatic heterocycles. The van der Waals surface area contributed by atoms with Gasteiger partial charge in [0.1, 0.15) is 24.4 Å². The van der Waals surface area contributed by atoms with Crippen LogP contribution in [0.2, 0.25) is 0 Å². The SMILES string of the molecule is C=C1[C@@H]2CC[C@H]3[C@]4(C)C[C@H](O[C@@H]5O[C@H](CO)[C@@H](O)[C@H](O)[C@H]5O)C[C@@H](C(=O)O)[C@H]4CC[C@]3(C2)[C@H]1O. The van der Waals surface area contributed by atoms with Crippen LogP contribution in [0, 0.1) is 34.5 Å². The molecule has 4 saturated carbocycles. The van der Waals surface area contributed by atoms with E-state index in [9.17, 15) is 35.4 Å². The Labute approximate surface area is 199 Å². The van der Waals surface area contributed by atoms with Crippen molar-refractivity contribution < 1.29 is 44.9 Å². The zero-order valence-corrected chi connectivity index (χ0v) is 19.6. The molecule has 2 bridgehead atoms. The Bertz CT molecular complexity index is 831. The summed E-state index contributed by atoms with van der Waals surface area (Å²) in [6, 6.07) is 0. The molecule has 34 heavy (non-hydrogen) atoms. The number of hydrogen-bond acceptors (Lipinski definition) is 8. The Morgan fingerprint density at radius 2 is 1.85 bits per heavy atom. The molecule has 0 aromatic carbocycles. The first-order valence-electron chi connectivity index (χ1n) is 12.6. The molecule has 0 unspecified atom stereocenters. The highest BCUT2D eigenvalue weighted by Gasteiger charge is 2.66. The summed E-state index contributed by atoms with van der Waals surface area (Å²) < 4.78 is 11.6. The number of fused-ring (bicyclic) bond motifs is 3. The van der Waals surface area contributed by atoms with Gasteiger partial charge in [-0.25, -0.2) is 0 Å². The van der Waals surface area contributed by atoms with Gasteiger partial charge in [-0.1, -0.05) is 13.5 Å². The van der Waals surface area contributed by atoms with E-state index >= 15 is 0 Å².